The van der Waals surface area contributed by atoms with Gasteiger partial charge in [0.15, 0.2) is 0 Å². The summed E-state index contributed by atoms with van der Waals surface area (Å²) in [6.45, 7) is 10.4. The van der Waals surface area contributed by atoms with Crippen molar-refractivity contribution in [2.45, 2.75) is 51.5 Å². The van der Waals surface area contributed by atoms with Gasteiger partial charge in [-0.15, -0.1) is 11.3 Å². The van der Waals surface area contributed by atoms with Crippen molar-refractivity contribution in [3.63, 3.8) is 0 Å². The molecule has 1 aliphatic heterocycles. The van der Waals surface area contributed by atoms with Crippen LogP contribution in [0.1, 0.15) is 36.4 Å². The van der Waals surface area contributed by atoms with E-state index in [2.05, 4.69) is 5.32 Å². The van der Waals surface area contributed by atoms with Crippen LogP contribution in [0.2, 0.25) is 0 Å². The summed E-state index contributed by atoms with van der Waals surface area (Å²) in [6.07, 6.45) is 2.11. The molecule has 2 heterocycles. The number of thiophene rings is 1. The quantitative estimate of drug-likeness (QED) is 0.903. The van der Waals surface area contributed by atoms with E-state index in [9.17, 15) is 8.42 Å². The lowest BCUT2D eigenvalue weighted by Gasteiger charge is -2.32. The molecule has 2 rings (SSSR count). The molecule has 1 aromatic heterocycles. The third-order valence-corrected chi connectivity index (χ3v) is 7.32. The normalized spacial score (nSPS) is 17.8. The van der Waals surface area contributed by atoms with Crippen LogP contribution in [0.25, 0.3) is 0 Å². The predicted molar refractivity (Wildman–Crippen MR) is 88.4 cm³/mol. The van der Waals surface area contributed by atoms with Crippen LogP contribution in [0, 0.1) is 19.8 Å². The van der Waals surface area contributed by atoms with Crippen molar-refractivity contribution in [1.82, 2.24) is 9.62 Å². The number of aryl methyl sites for hydroxylation is 2. The number of sulfonamides is 1. The standard InChI is InChI=1S/C15H26N2O2S2/c1-11(2)17(10-14-5-7-16-8-6-14)21(18,19)15-9-12(3)20-13(15)4/h9,11,14,16H,5-8,10H2,1-4H3. The van der Waals surface area contributed by atoms with E-state index in [4.69, 9.17) is 0 Å². The molecule has 4 nitrogen and oxygen atoms in total. The number of nitrogens with one attached hydrogen (secondary N) is 1. The lowest BCUT2D eigenvalue weighted by molar-refractivity contribution is 0.261. The van der Waals surface area contributed by atoms with Gasteiger partial charge in [-0.1, -0.05) is 0 Å². The molecule has 0 unspecified atom stereocenters. The van der Waals surface area contributed by atoms with Crippen LogP contribution in [0.15, 0.2) is 11.0 Å². The Bertz CT molecular complexity index is 572. The Morgan fingerprint density at radius 2 is 1.95 bits per heavy atom. The zero-order chi connectivity index (χ0) is 15.6. The van der Waals surface area contributed by atoms with E-state index in [0.29, 0.717) is 17.4 Å². The molecule has 1 saturated heterocycles. The molecule has 0 spiro atoms. The van der Waals surface area contributed by atoms with Gasteiger partial charge in [-0.3, -0.25) is 0 Å². The highest BCUT2D eigenvalue weighted by atomic mass is 32.2. The van der Waals surface area contributed by atoms with Crippen molar-refractivity contribution >= 4 is 21.4 Å². The van der Waals surface area contributed by atoms with E-state index in [0.717, 1.165) is 35.7 Å². The Kier molecular flexibility index (Phi) is 5.46. The Hall–Kier alpha value is -0.430. The average molecular weight is 331 g/mol. The highest BCUT2D eigenvalue weighted by Crippen LogP contribution is 2.30. The molecule has 1 fully saturated rings. The van der Waals surface area contributed by atoms with Crippen LogP contribution in [-0.2, 0) is 10.0 Å². The summed E-state index contributed by atoms with van der Waals surface area (Å²) in [6, 6.07) is 1.80. The maximum absolute atomic E-state index is 13.0. The van der Waals surface area contributed by atoms with Crippen LogP contribution in [0.5, 0.6) is 0 Å². The molecule has 0 aromatic carbocycles. The van der Waals surface area contributed by atoms with Crippen molar-refractivity contribution in [2.24, 2.45) is 5.92 Å². The molecule has 120 valence electrons. The highest BCUT2D eigenvalue weighted by Gasteiger charge is 2.31. The first kappa shape index (κ1) is 16.9. The second-order valence-electron chi connectivity index (χ2n) is 6.14. The summed E-state index contributed by atoms with van der Waals surface area (Å²) in [5.41, 5.74) is 0. The second-order valence-corrected chi connectivity index (χ2v) is 9.46. The topological polar surface area (TPSA) is 49.4 Å². The summed E-state index contributed by atoms with van der Waals surface area (Å²) >= 11 is 1.56. The van der Waals surface area contributed by atoms with Crippen molar-refractivity contribution in [2.75, 3.05) is 19.6 Å². The van der Waals surface area contributed by atoms with Crippen LogP contribution in [0.3, 0.4) is 0 Å². The van der Waals surface area contributed by atoms with Gasteiger partial charge < -0.3 is 5.32 Å². The number of rotatable bonds is 5. The van der Waals surface area contributed by atoms with E-state index < -0.39 is 10.0 Å². The Morgan fingerprint density at radius 1 is 1.33 bits per heavy atom. The van der Waals surface area contributed by atoms with Gasteiger partial charge in [-0.05, 0) is 65.6 Å². The van der Waals surface area contributed by atoms with E-state index in [1.54, 1.807) is 15.6 Å². The third kappa shape index (κ3) is 3.86. The SMILES string of the molecule is Cc1cc(S(=O)(=O)N(CC2CCNCC2)C(C)C)c(C)s1. The summed E-state index contributed by atoms with van der Waals surface area (Å²) in [7, 11) is -3.39. The number of hydrogen-bond acceptors (Lipinski definition) is 4. The molecule has 1 N–H and O–H groups in total. The zero-order valence-corrected chi connectivity index (χ0v) is 15.0. The Morgan fingerprint density at radius 3 is 2.43 bits per heavy atom. The molecule has 0 saturated carbocycles. The van der Waals surface area contributed by atoms with Crippen molar-refractivity contribution in [3.8, 4) is 0 Å². The van der Waals surface area contributed by atoms with Gasteiger partial charge in [0, 0.05) is 22.3 Å². The van der Waals surface area contributed by atoms with E-state index in [1.165, 1.54) is 0 Å². The monoisotopic (exact) mass is 330 g/mol. The number of hydrogen-bond donors (Lipinski definition) is 1. The maximum atomic E-state index is 13.0. The van der Waals surface area contributed by atoms with Gasteiger partial charge in [0.1, 0.15) is 0 Å². The lowest BCUT2D eigenvalue weighted by Crippen LogP contribution is -2.42. The minimum atomic E-state index is -3.39. The molecule has 21 heavy (non-hydrogen) atoms. The fraction of sp³-hybridized carbons (Fsp3) is 0.733. The van der Waals surface area contributed by atoms with Gasteiger partial charge in [0.2, 0.25) is 10.0 Å². The number of piperidine rings is 1. The molecule has 0 atom stereocenters. The van der Waals surface area contributed by atoms with Gasteiger partial charge >= 0.3 is 0 Å². The summed E-state index contributed by atoms with van der Waals surface area (Å²) in [5.74, 6) is 0.462. The lowest BCUT2D eigenvalue weighted by atomic mass is 9.98. The molecule has 0 amide bonds. The first-order chi connectivity index (χ1) is 9.82. The van der Waals surface area contributed by atoms with Crippen LogP contribution < -0.4 is 5.32 Å². The molecule has 6 heteroatoms. The van der Waals surface area contributed by atoms with Gasteiger partial charge in [0.05, 0.1) is 4.90 Å². The minimum absolute atomic E-state index is 0.00973. The van der Waals surface area contributed by atoms with Crippen molar-refractivity contribution in [3.05, 3.63) is 15.8 Å². The fourth-order valence-electron chi connectivity index (χ4n) is 2.90. The molecular formula is C15H26N2O2S2. The Balaban J connectivity index is 2.25. The largest absolute Gasteiger partial charge is 0.317 e. The summed E-state index contributed by atoms with van der Waals surface area (Å²) in [4.78, 5) is 2.44. The van der Waals surface area contributed by atoms with Gasteiger partial charge in [-0.2, -0.15) is 4.31 Å². The summed E-state index contributed by atoms with van der Waals surface area (Å²) in [5, 5.41) is 3.33. The maximum Gasteiger partial charge on any atom is 0.244 e. The Labute approximate surface area is 132 Å². The van der Waals surface area contributed by atoms with Crippen LogP contribution >= 0.6 is 11.3 Å². The van der Waals surface area contributed by atoms with Crippen molar-refractivity contribution < 1.29 is 8.42 Å². The van der Waals surface area contributed by atoms with E-state index >= 15 is 0 Å². The van der Waals surface area contributed by atoms with Gasteiger partial charge in [0.25, 0.3) is 0 Å². The van der Waals surface area contributed by atoms with Crippen LogP contribution in [0.4, 0.5) is 0 Å². The molecule has 1 aliphatic rings. The van der Waals surface area contributed by atoms with Crippen molar-refractivity contribution in [1.29, 1.82) is 0 Å². The fourth-order valence-corrected chi connectivity index (χ4v) is 6.13. The van der Waals surface area contributed by atoms with E-state index in [-0.39, 0.29) is 6.04 Å². The minimum Gasteiger partial charge on any atom is -0.317 e. The first-order valence-electron chi connectivity index (χ1n) is 7.62. The summed E-state index contributed by atoms with van der Waals surface area (Å²) < 4.78 is 27.7. The molecule has 0 radical (unpaired) electrons. The van der Waals surface area contributed by atoms with Crippen LogP contribution in [-0.4, -0.2) is 38.4 Å². The molecule has 0 aliphatic carbocycles. The smallest absolute Gasteiger partial charge is 0.244 e. The third-order valence-electron chi connectivity index (χ3n) is 4.05. The predicted octanol–water partition coefficient (Wildman–Crippen LogP) is 2.76. The first-order valence-corrected chi connectivity index (χ1v) is 9.87. The molecule has 1 aromatic rings. The zero-order valence-electron chi connectivity index (χ0n) is 13.3. The molecule has 0 bridgehead atoms. The average Bonchev–Trinajstić information content (AvgIpc) is 2.76. The van der Waals surface area contributed by atoms with E-state index in [1.807, 2.05) is 33.8 Å². The number of nitrogens with zero attached hydrogens (tertiary/aromatic N) is 1. The van der Waals surface area contributed by atoms with Gasteiger partial charge in [-0.25, -0.2) is 8.42 Å². The molecular weight excluding hydrogens is 304 g/mol. The highest BCUT2D eigenvalue weighted by molar-refractivity contribution is 7.89. The second kappa shape index (κ2) is 6.77.